The van der Waals surface area contributed by atoms with Crippen molar-refractivity contribution in [3.63, 3.8) is 0 Å². The highest BCUT2D eigenvalue weighted by atomic mass is 16.1. The van der Waals surface area contributed by atoms with Gasteiger partial charge in [-0.2, -0.15) is 0 Å². The van der Waals surface area contributed by atoms with E-state index in [2.05, 4.69) is 35.9 Å². The molecule has 138 valence electrons. The highest BCUT2D eigenvalue weighted by Gasteiger charge is 2.35. The van der Waals surface area contributed by atoms with Gasteiger partial charge in [-0.1, -0.05) is 19.9 Å². The first-order valence-corrected chi connectivity index (χ1v) is 9.82. The summed E-state index contributed by atoms with van der Waals surface area (Å²) in [6.45, 7) is 12.8. The van der Waals surface area contributed by atoms with Crippen molar-refractivity contribution in [2.45, 2.75) is 46.6 Å². The number of likely N-dealkylation sites (tertiary alicyclic amines) is 1. The van der Waals surface area contributed by atoms with E-state index in [0.717, 1.165) is 48.7 Å². The molecule has 2 aliphatic rings. The van der Waals surface area contributed by atoms with Crippen LogP contribution in [0.4, 0.5) is 0 Å². The minimum Gasteiger partial charge on any atom is -0.312 e. The smallest absolute Gasteiger partial charge is 0.251 e. The Morgan fingerprint density at radius 3 is 2.69 bits per heavy atom. The fourth-order valence-electron chi connectivity index (χ4n) is 4.87. The Kier molecular flexibility index (Phi) is 4.47. The molecule has 1 fully saturated rings. The van der Waals surface area contributed by atoms with E-state index in [1.807, 2.05) is 24.5 Å². The molecular weight excluding hydrogens is 322 g/mol. The molecule has 0 aliphatic carbocycles. The van der Waals surface area contributed by atoms with Crippen LogP contribution in [0.15, 0.2) is 29.1 Å². The average molecular weight is 351 g/mol. The standard InChI is InChI=1S/C22H29N3O/c1-14(2)10-24-11-17-7-19(13-24)21-8-18(9-22(26)25(21)12-17)20-6-5-15(3)23-16(20)4/h5-6,8-9,14,17,19H,7,10-13H2,1-4H3/t17-,19+/m0/s1. The van der Waals surface area contributed by atoms with Crippen molar-refractivity contribution in [3.05, 3.63) is 51.7 Å². The second-order valence-corrected chi connectivity index (χ2v) is 8.61. The van der Waals surface area contributed by atoms with E-state index in [-0.39, 0.29) is 5.56 Å². The Morgan fingerprint density at radius 1 is 1.15 bits per heavy atom. The normalized spacial score (nSPS) is 22.5. The zero-order valence-corrected chi connectivity index (χ0v) is 16.3. The maximum Gasteiger partial charge on any atom is 0.251 e. The van der Waals surface area contributed by atoms with Gasteiger partial charge < -0.3 is 9.47 Å². The zero-order valence-electron chi connectivity index (χ0n) is 16.3. The van der Waals surface area contributed by atoms with Crippen LogP contribution in [0.25, 0.3) is 11.1 Å². The van der Waals surface area contributed by atoms with Gasteiger partial charge in [0.1, 0.15) is 0 Å². The number of piperidine rings is 1. The Balaban J connectivity index is 1.73. The van der Waals surface area contributed by atoms with Crippen LogP contribution in [0.2, 0.25) is 0 Å². The van der Waals surface area contributed by atoms with E-state index in [1.54, 1.807) is 6.07 Å². The molecule has 4 rings (SSSR count). The summed E-state index contributed by atoms with van der Waals surface area (Å²) in [6, 6.07) is 8.18. The number of hydrogen-bond donors (Lipinski definition) is 0. The van der Waals surface area contributed by atoms with Crippen molar-refractivity contribution in [1.82, 2.24) is 14.5 Å². The summed E-state index contributed by atoms with van der Waals surface area (Å²) < 4.78 is 2.03. The van der Waals surface area contributed by atoms with Gasteiger partial charge in [0.2, 0.25) is 0 Å². The quantitative estimate of drug-likeness (QED) is 0.848. The first kappa shape index (κ1) is 17.5. The molecule has 2 aromatic rings. The minimum atomic E-state index is 0.143. The third kappa shape index (κ3) is 3.23. The largest absolute Gasteiger partial charge is 0.312 e. The summed E-state index contributed by atoms with van der Waals surface area (Å²) in [7, 11) is 0. The Labute approximate surface area is 155 Å². The van der Waals surface area contributed by atoms with Crippen molar-refractivity contribution in [3.8, 4) is 11.1 Å². The lowest BCUT2D eigenvalue weighted by Gasteiger charge is -2.43. The van der Waals surface area contributed by atoms with Gasteiger partial charge in [-0.05, 0) is 49.8 Å². The van der Waals surface area contributed by atoms with Gasteiger partial charge in [-0.3, -0.25) is 9.78 Å². The van der Waals surface area contributed by atoms with Crippen LogP contribution in [-0.4, -0.2) is 34.1 Å². The molecule has 0 amide bonds. The van der Waals surface area contributed by atoms with Gasteiger partial charge in [0.25, 0.3) is 5.56 Å². The van der Waals surface area contributed by atoms with Crippen LogP contribution < -0.4 is 5.56 Å². The number of aryl methyl sites for hydroxylation is 2. The highest BCUT2D eigenvalue weighted by Crippen LogP contribution is 2.37. The molecule has 2 aromatic heterocycles. The van der Waals surface area contributed by atoms with Crippen molar-refractivity contribution in [1.29, 1.82) is 0 Å². The number of aromatic nitrogens is 2. The summed E-state index contributed by atoms with van der Waals surface area (Å²) in [5.41, 5.74) is 5.47. The zero-order chi connectivity index (χ0) is 18.4. The van der Waals surface area contributed by atoms with E-state index >= 15 is 0 Å². The van der Waals surface area contributed by atoms with E-state index in [1.165, 1.54) is 12.1 Å². The van der Waals surface area contributed by atoms with Gasteiger partial charge in [-0.15, -0.1) is 0 Å². The molecule has 2 atom stereocenters. The number of rotatable bonds is 3. The molecule has 0 spiro atoms. The summed E-state index contributed by atoms with van der Waals surface area (Å²) in [5, 5.41) is 0. The molecule has 4 heterocycles. The third-order valence-corrected chi connectivity index (χ3v) is 5.79. The summed E-state index contributed by atoms with van der Waals surface area (Å²) in [5.74, 6) is 1.75. The van der Waals surface area contributed by atoms with E-state index in [0.29, 0.717) is 17.8 Å². The lowest BCUT2D eigenvalue weighted by Crippen LogP contribution is -2.48. The number of pyridine rings is 2. The first-order chi connectivity index (χ1) is 12.4. The number of hydrogen-bond acceptors (Lipinski definition) is 3. The van der Waals surface area contributed by atoms with Crippen molar-refractivity contribution in [2.75, 3.05) is 19.6 Å². The van der Waals surface area contributed by atoms with Crippen LogP contribution in [-0.2, 0) is 6.54 Å². The molecule has 0 aromatic carbocycles. The maximum atomic E-state index is 12.9. The van der Waals surface area contributed by atoms with Gasteiger partial charge in [0, 0.05) is 60.8 Å². The predicted molar refractivity (Wildman–Crippen MR) is 106 cm³/mol. The fraction of sp³-hybridized carbons (Fsp3) is 0.545. The Hall–Kier alpha value is -1.94. The van der Waals surface area contributed by atoms with Gasteiger partial charge >= 0.3 is 0 Å². The molecule has 0 N–H and O–H groups in total. The molecule has 2 bridgehead atoms. The molecule has 26 heavy (non-hydrogen) atoms. The average Bonchev–Trinajstić information content (AvgIpc) is 2.55. The molecule has 4 nitrogen and oxygen atoms in total. The SMILES string of the molecule is Cc1ccc(-c2cc3n(c(=O)c2)C[C@H]2C[C@@H]3CN(CC(C)C)C2)c(C)n1. The summed E-state index contributed by atoms with van der Waals surface area (Å²) in [4.78, 5) is 20.0. The molecule has 4 heteroatoms. The fourth-order valence-corrected chi connectivity index (χ4v) is 4.87. The van der Waals surface area contributed by atoms with Gasteiger partial charge in [-0.25, -0.2) is 0 Å². The monoisotopic (exact) mass is 351 g/mol. The third-order valence-electron chi connectivity index (χ3n) is 5.79. The molecular formula is C22H29N3O. The Bertz CT molecular complexity index is 883. The molecule has 1 saturated heterocycles. The maximum absolute atomic E-state index is 12.9. The number of nitrogens with zero attached hydrogens (tertiary/aromatic N) is 3. The van der Waals surface area contributed by atoms with E-state index in [9.17, 15) is 4.79 Å². The highest BCUT2D eigenvalue weighted by molar-refractivity contribution is 5.66. The van der Waals surface area contributed by atoms with Crippen LogP contribution in [0.5, 0.6) is 0 Å². The van der Waals surface area contributed by atoms with Crippen molar-refractivity contribution >= 4 is 0 Å². The van der Waals surface area contributed by atoms with Crippen molar-refractivity contribution in [2.24, 2.45) is 11.8 Å². The molecule has 0 unspecified atom stereocenters. The summed E-state index contributed by atoms with van der Waals surface area (Å²) >= 11 is 0. The Morgan fingerprint density at radius 2 is 1.96 bits per heavy atom. The second kappa shape index (κ2) is 6.66. The van der Waals surface area contributed by atoms with Crippen molar-refractivity contribution < 1.29 is 0 Å². The van der Waals surface area contributed by atoms with Gasteiger partial charge in [0.05, 0.1) is 0 Å². The van der Waals surface area contributed by atoms with Crippen LogP contribution in [0, 0.1) is 25.7 Å². The minimum absolute atomic E-state index is 0.143. The molecule has 2 aliphatic heterocycles. The number of fused-ring (bicyclic) bond motifs is 4. The first-order valence-electron chi connectivity index (χ1n) is 9.82. The van der Waals surface area contributed by atoms with E-state index < -0.39 is 0 Å². The summed E-state index contributed by atoms with van der Waals surface area (Å²) in [6.07, 6.45) is 1.21. The van der Waals surface area contributed by atoms with E-state index in [4.69, 9.17) is 0 Å². The lowest BCUT2D eigenvalue weighted by molar-refractivity contribution is 0.109. The topological polar surface area (TPSA) is 38.1 Å². The van der Waals surface area contributed by atoms with Crippen LogP contribution in [0.3, 0.4) is 0 Å². The molecule has 0 saturated carbocycles. The molecule has 0 radical (unpaired) electrons. The van der Waals surface area contributed by atoms with Gasteiger partial charge in [0.15, 0.2) is 0 Å². The predicted octanol–water partition coefficient (Wildman–Crippen LogP) is 3.60. The van der Waals surface area contributed by atoms with Crippen LogP contribution >= 0.6 is 0 Å². The van der Waals surface area contributed by atoms with Crippen LogP contribution in [0.1, 0.15) is 43.3 Å². The lowest BCUT2D eigenvalue weighted by atomic mass is 9.82. The second-order valence-electron chi connectivity index (χ2n) is 8.61.